The number of H-pyrrole nitrogens is 1. The van der Waals surface area contributed by atoms with Gasteiger partial charge in [-0.05, 0) is 25.3 Å². The molecule has 0 aliphatic rings. The second-order valence-electron chi connectivity index (χ2n) is 4.33. The summed E-state index contributed by atoms with van der Waals surface area (Å²) in [6.07, 6.45) is 1.75. The molecule has 0 radical (unpaired) electrons. The summed E-state index contributed by atoms with van der Waals surface area (Å²) in [5, 5.41) is 9.73. The summed E-state index contributed by atoms with van der Waals surface area (Å²) in [5.74, 6) is -0.534. The van der Waals surface area contributed by atoms with Crippen molar-refractivity contribution < 1.29 is 9.53 Å². The van der Waals surface area contributed by atoms with E-state index < -0.39 is 11.5 Å². The van der Waals surface area contributed by atoms with Gasteiger partial charge >= 0.3 is 5.97 Å². The van der Waals surface area contributed by atoms with Gasteiger partial charge in [0.1, 0.15) is 11.6 Å². The lowest BCUT2D eigenvalue weighted by Crippen LogP contribution is -2.14. The number of nitriles is 1. The van der Waals surface area contributed by atoms with Crippen LogP contribution in [0.5, 0.6) is 0 Å². The summed E-state index contributed by atoms with van der Waals surface area (Å²) < 4.78 is 4.91. The monoisotopic (exact) mass is 349 g/mol. The highest BCUT2D eigenvalue weighted by Gasteiger charge is 2.17. The van der Waals surface area contributed by atoms with E-state index in [2.05, 4.69) is 9.97 Å². The maximum atomic E-state index is 11.9. The van der Waals surface area contributed by atoms with Gasteiger partial charge in [0.2, 0.25) is 0 Å². The number of rotatable bonds is 4. The molecule has 0 unspecified atom stereocenters. The minimum absolute atomic E-state index is 0.109. The molecule has 0 saturated carbocycles. The maximum Gasteiger partial charge on any atom is 0.339 e. The lowest BCUT2D eigenvalue weighted by atomic mass is 10.1. The van der Waals surface area contributed by atoms with Crippen LogP contribution in [0.15, 0.2) is 28.2 Å². The first kappa shape index (κ1) is 17.1. The number of benzene rings is 1. The number of nitrogens with zero attached hydrogens (tertiary/aromatic N) is 2. The van der Waals surface area contributed by atoms with Crippen LogP contribution in [0.4, 0.5) is 0 Å². The molecule has 0 saturated heterocycles. The molecule has 0 atom stereocenters. The SMILES string of the molecule is CCOC(=O)c1ccc(-c2nc(SC)[nH]c(=O)c2C#N)cc1Cl. The number of esters is 1. The summed E-state index contributed by atoms with van der Waals surface area (Å²) in [7, 11) is 0. The molecule has 0 amide bonds. The zero-order valence-electron chi connectivity index (χ0n) is 12.3. The van der Waals surface area contributed by atoms with Crippen LogP contribution >= 0.6 is 23.4 Å². The van der Waals surface area contributed by atoms with E-state index in [1.165, 1.54) is 23.9 Å². The van der Waals surface area contributed by atoms with Gasteiger partial charge in [0.25, 0.3) is 5.56 Å². The summed E-state index contributed by atoms with van der Waals surface area (Å²) in [6.45, 7) is 1.94. The predicted octanol–water partition coefficient (Wildman–Crippen LogP) is 2.86. The van der Waals surface area contributed by atoms with Gasteiger partial charge < -0.3 is 9.72 Å². The number of hydrogen-bond donors (Lipinski definition) is 1. The fourth-order valence-electron chi connectivity index (χ4n) is 1.90. The number of aromatic amines is 1. The Kier molecular flexibility index (Phi) is 5.42. The van der Waals surface area contributed by atoms with E-state index in [0.717, 1.165) is 0 Å². The zero-order chi connectivity index (χ0) is 17.0. The number of halogens is 1. The van der Waals surface area contributed by atoms with Crippen LogP contribution < -0.4 is 5.56 Å². The molecule has 118 valence electrons. The normalized spacial score (nSPS) is 10.2. The first-order chi connectivity index (χ1) is 11.0. The maximum absolute atomic E-state index is 11.9. The molecule has 0 fully saturated rings. The molecule has 2 aromatic rings. The molecule has 0 aliphatic heterocycles. The number of aromatic nitrogens is 2. The second kappa shape index (κ2) is 7.31. The first-order valence-electron chi connectivity index (χ1n) is 6.57. The van der Waals surface area contributed by atoms with Gasteiger partial charge in [0.05, 0.1) is 22.9 Å². The third-order valence-electron chi connectivity index (χ3n) is 2.94. The summed E-state index contributed by atoms with van der Waals surface area (Å²) in [5.41, 5.74) is 0.278. The lowest BCUT2D eigenvalue weighted by molar-refractivity contribution is 0.0526. The molecule has 2 rings (SSSR count). The van der Waals surface area contributed by atoms with Gasteiger partial charge in [-0.15, -0.1) is 0 Å². The fourth-order valence-corrected chi connectivity index (χ4v) is 2.53. The Morgan fingerprint density at radius 1 is 1.52 bits per heavy atom. The Balaban J connectivity index is 2.58. The van der Waals surface area contributed by atoms with Crippen molar-refractivity contribution in [2.75, 3.05) is 12.9 Å². The molecular weight excluding hydrogens is 338 g/mol. The number of thioether (sulfide) groups is 1. The number of carbonyl (C=O) groups excluding carboxylic acids is 1. The minimum atomic E-state index is -0.534. The molecule has 23 heavy (non-hydrogen) atoms. The largest absolute Gasteiger partial charge is 0.462 e. The standard InChI is InChI=1S/C15H12ClN3O3S/c1-3-22-14(21)9-5-4-8(6-11(9)16)12-10(7-17)13(20)19-15(18-12)23-2/h4-6H,3H2,1-2H3,(H,18,19,20). The van der Waals surface area contributed by atoms with Gasteiger partial charge in [-0.25, -0.2) is 9.78 Å². The Bertz CT molecular complexity index is 858. The second-order valence-corrected chi connectivity index (χ2v) is 5.53. The van der Waals surface area contributed by atoms with Crippen molar-refractivity contribution in [3.8, 4) is 17.3 Å². The third-order valence-corrected chi connectivity index (χ3v) is 3.83. The number of nitrogens with one attached hydrogen (secondary N) is 1. The van der Waals surface area contributed by atoms with Crippen LogP contribution in [0.1, 0.15) is 22.8 Å². The van der Waals surface area contributed by atoms with Gasteiger partial charge in [-0.1, -0.05) is 29.4 Å². The quantitative estimate of drug-likeness (QED) is 0.518. The molecule has 6 nitrogen and oxygen atoms in total. The lowest BCUT2D eigenvalue weighted by Gasteiger charge is -2.08. The highest BCUT2D eigenvalue weighted by atomic mass is 35.5. The summed E-state index contributed by atoms with van der Waals surface area (Å²) in [4.78, 5) is 30.5. The molecule has 1 aromatic heterocycles. The van der Waals surface area contributed by atoms with E-state index in [1.807, 2.05) is 6.07 Å². The zero-order valence-corrected chi connectivity index (χ0v) is 13.9. The molecular formula is C15H12ClN3O3S. The van der Waals surface area contributed by atoms with E-state index >= 15 is 0 Å². The summed E-state index contributed by atoms with van der Waals surface area (Å²) in [6, 6.07) is 6.39. The van der Waals surface area contributed by atoms with E-state index in [4.69, 9.17) is 16.3 Å². The molecule has 0 aliphatic carbocycles. The van der Waals surface area contributed by atoms with Crippen LogP contribution in [0.25, 0.3) is 11.3 Å². The Hall–Kier alpha value is -2.30. The molecule has 0 bridgehead atoms. The van der Waals surface area contributed by atoms with Crippen molar-refractivity contribution in [2.24, 2.45) is 0 Å². The van der Waals surface area contributed by atoms with Crippen LogP contribution in [-0.2, 0) is 4.74 Å². The van der Waals surface area contributed by atoms with Gasteiger partial charge in [0.15, 0.2) is 5.16 Å². The number of ether oxygens (including phenoxy) is 1. The summed E-state index contributed by atoms with van der Waals surface area (Å²) >= 11 is 7.36. The van der Waals surface area contributed by atoms with Crippen LogP contribution in [-0.4, -0.2) is 28.8 Å². The van der Waals surface area contributed by atoms with Crippen molar-refractivity contribution in [1.29, 1.82) is 5.26 Å². The van der Waals surface area contributed by atoms with Gasteiger partial charge in [0, 0.05) is 5.56 Å². The van der Waals surface area contributed by atoms with Crippen molar-refractivity contribution in [3.05, 3.63) is 44.7 Å². The Morgan fingerprint density at radius 3 is 2.83 bits per heavy atom. The van der Waals surface area contributed by atoms with E-state index in [0.29, 0.717) is 10.7 Å². The smallest absolute Gasteiger partial charge is 0.339 e. The van der Waals surface area contributed by atoms with Crippen molar-refractivity contribution in [2.45, 2.75) is 12.1 Å². The average molecular weight is 350 g/mol. The van der Waals surface area contributed by atoms with Gasteiger partial charge in [-0.3, -0.25) is 4.79 Å². The molecule has 1 N–H and O–H groups in total. The van der Waals surface area contributed by atoms with Crippen molar-refractivity contribution >= 4 is 29.3 Å². The molecule has 1 aromatic carbocycles. The molecule has 1 heterocycles. The van der Waals surface area contributed by atoms with Crippen LogP contribution in [0.3, 0.4) is 0 Å². The first-order valence-corrected chi connectivity index (χ1v) is 8.17. The fraction of sp³-hybridized carbons (Fsp3) is 0.200. The van der Waals surface area contributed by atoms with Crippen molar-refractivity contribution in [1.82, 2.24) is 9.97 Å². The van der Waals surface area contributed by atoms with Crippen molar-refractivity contribution in [3.63, 3.8) is 0 Å². The third kappa shape index (κ3) is 3.55. The Morgan fingerprint density at radius 2 is 2.26 bits per heavy atom. The average Bonchev–Trinajstić information content (AvgIpc) is 2.54. The minimum Gasteiger partial charge on any atom is -0.462 e. The highest BCUT2D eigenvalue weighted by molar-refractivity contribution is 7.98. The predicted molar refractivity (Wildman–Crippen MR) is 87.8 cm³/mol. The van der Waals surface area contributed by atoms with Crippen LogP contribution in [0.2, 0.25) is 5.02 Å². The number of carbonyl (C=O) groups is 1. The Labute approximate surface area is 141 Å². The number of hydrogen-bond acceptors (Lipinski definition) is 6. The van der Waals surface area contributed by atoms with Gasteiger partial charge in [-0.2, -0.15) is 5.26 Å². The van der Waals surface area contributed by atoms with E-state index in [1.54, 1.807) is 19.2 Å². The molecule has 8 heteroatoms. The molecule has 0 spiro atoms. The highest BCUT2D eigenvalue weighted by Crippen LogP contribution is 2.27. The van der Waals surface area contributed by atoms with Crippen LogP contribution in [0, 0.1) is 11.3 Å². The van der Waals surface area contributed by atoms with E-state index in [-0.39, 0.29) is 28.5 Å². The topological polar surface area (TPSA) is 95.8 Å². The van der Waals surface area contributed by atoms with E-state index in [9.17, 15) is 14.9 Å².